The van der Waals surface area contributed by atoms with Gasteiger partial charge in [-0.3, -0.25) is 9.69 Å². The first-order valence-electron chi connectivity index (χ1n) is 10.6. The van der Waals surface area contributed by atoms with Gasteiger partial charge in [0.25, 0.3) is 5.91 Å². The maximum Gasteiger partial charge on any atom is 0.260 e. The molecule has 29 heavy (non-hydrogen) atoms. The second-order valence-electron chi connectivity index (χ2n) is 8.16. The Hall–Kier alpha value is -2.24. The molecule has 0 saturated carbocycles. The van der Waals surface area contributed by atoms with Crippen molar-refractivity contribution in [3.63, 3.8) is 0 Å². The van der Waals surface area contributed by atoms with Crippen LogP contribution in [0.15, 0.2) is 36.4 Å². The van der Waals surface area contributed by atoms with Crippen molar-refractivity contribution in [3.8, 4) is 0 Å². The number of thiazole rings is 1. The zero-order valence-corrected chi connectivity index (χ0v) is 17.6. The summed E-state index contributed by atoms with van der Waals surface area (Å²) >= 11 is 1.59. The summed E-state index contributed by atoms with van der Waals surface area (Å²) in [6.07, 6.45) is 6.80. The van der Waals surface area contributed by atoms with E-state index >= 15 is 0 Å². The molecular formula is C24H26N2O2S. The fraction of sp³-hybridized carbons (Fsp3) is 0.417. The van der Waals surface area contributed by atoms with Gasteiger partial charge >= 0.3 is 0 Å². The van der Waals surface area contributed by atoms with E-state index in [-0.39, 0.29) is 12.0 Å². The van der Waals surface area contributed by atoms with Crippen molar-refractivity contribution >= 4 is 32.6 Å². The minimum absolute atomic E-state index is 0.0329. The molecule has 4 nitrogen and oxygen atoms in total. The molecule has 5 rings (SSSR count). The van der Waals surface area contributed by atoms with Gasteiger partial charge in [-0.2, -0.15) is 0 Å². The molecule has 1 aliphatic carbocycles. The van der Waals surface area contributed by atoms with E-state index in [1.165, 1.54) is 24.0 Å². The van der Waals surface area contributed by atoms with Gasteiger partial charge in [-0.25, -0.2) is 4.98 Å². The van der Waals surface area contributed by atoms with E-state index < -0.39 is 0 Å². The van der Waals surface area contributed by atoms with Crippen molar-refractivity contribution < 1.29 is 9.53 Å². The molecule has 0 N–H and O–H groups in total. The number of para-hydroxylation sites is 1. The van der Waals surface area contributed by atoms with Crippen LogP contribution in [0.5, 0.6) is 0 Å². The molecule has 0 radical (unpaired) electrons. The highest BCUT2D eigenvalue weighted by atomic mass is 32.1. The summed E-state index contributed by atoms with van der Waals surface area (Å²) in [4.78, 5) is 20.3. The molecule has 2 aromatic carbocycles. The number of carbonyl (C=O) groups is 1. The lowest BCUT2D eigenvalue weighted by molar-refractivity contribution is 0.0917. The molecule has 1 fully saturated rings. The number of hydrogen-bond acceptors (Lipinski definition) is 4. The van der Waals surface area contributed by atoms with Crippen LogP contribution in [-0.2, 0) is 17.6 Å². The predicted molar refractivity (Wildman–Crippen MR) is 118 cm³/mol. The number of rotatable bonds is 4. The van der Waals surface area contributed by atoms with Gasteiger partial charge in [0, 0.05) is 12.2 Å². The number of benzene rings is 2. The summed E-state index contributed by atoms with van der Waals surface area (Å²) in [6, 6.07) is 12.5. The van der Waals surface area contributed by atoms with Gasteiger partial charge in [-0.05, 0) is 80.3 Å². The van der Waals surface area contributed by atoms with Crippen molar-refractivity contribution in [1.82, 2.24) is 4.98 Å². The predicted octanol–water partition coefficient (Wildman–Crippen LogP) is 5.31. The number of hydrogen-bond donors (Lipinski definition) is 0. The molecule has 150 valence electrons. The summed E-state index contributed by atoms with van der Waals surface area (Å²) in [5.41, 5.74) is 5.62. The van der Waals surface area contributed by atoms with E-state index in [9.17, 15) is 4.79 Å². The van der Waals surface area contributed by atoms with E-state index in [0.717, 1.165) is 58.8 Å². The lowest BCUT2D eigenvalue weighted by Gasteiger charge is -2.24. The maximum atomic E-state index is 13.6. The molecule has 3 aromatic rings. The lowest BCUT2D eigenvalue weighted by Crippen LogP contribution is -2.37. The van der Waals surface area contributed by atoms with Crippen molar-refractivity contribution in [3.05, 3.63) is 58.7 Å². The van der Waals surface area contributed by atoms with Crippen LogP contribution in [0, 0.1) is 6.92 Å². The van der Waals surface area contributed by atoms with Crippen LogP contribution in [0.2, 0.25) is 0 Å². The normalized spacial score (nSPS) is 18.7. The van der Waals surface area contributed by atoms with Gasteiger partial charge in [-0.1, -0.05) is 29.5 Å². The van der Waals surface area contributed by atoms with E-state index in [4.69, 9.17) is 9.72 Å². The van der Waals surface area contributed by atoms with Gasteiger partial charge < -0.3 is 4.74 Å². The first-order valence-corrected chi connectivity index (χ1v) is 11.4. The number of aromatic nitrogens is 1. The highest BCUT2D eigenvalue weighted by molar-refractivity contribution is 7.22. The third-order valence-corrected chi connectivity index (χ3v) is 7.13. The van der Waals surface area contributed by atoms with Crippen LogP contribution in [0.3, 0.4) is 0 Å². The van der Waals surface area contributed by atoms with Crippen LogP contribution < -0.4 is 4.90 Å². The van der Waals surface area contributed by atoms with Crippen molar-refractivity contribution in [1.29, 1.82) is 0 Å². The lowest BCUT2D eigenvalue weighted by atomic mass is 9.90. The van der Waals surface area contributed by atoms with E-state index in [0.29, 0.717) is 6.54 Å². The number of amides is 1. The fourth-order valence-corrected chi connectivity index (χ4v) is 5.50. The van der Waals surface area contributed by atoms with Gasteiger partial charge in [0.2, 0.25) is 0 Å². The van der Waals surface area contributed by atoms with Crippen molar-refractivity contribution in [2.24, 2.45) is 0 Å². The average molecular weight is 407 g/mol. The summed E-state index contributed by atoms with van der Waals surface area (Å²) in [7, 11) is 0. The summed E-state index contributed by atoms with van der Waals surface area (Å²) in [5, 5.41) is 0.771. The Morgan fingerprint density at radius 3 is 2.83 bits per heavy atom. The second-order valence-corrected chi connectivity index (χ2v) is 9.17. The minimum Gasteiger partial charge on any atom is -0.376 e. The molecule has 1 saturated heterocycles. The molecule has 2 heterocycles. The van der Waals surface area contributed by atoms with Crippen molar-refractivity contribution in [2.75, 3.05) is 18.1 Å². The summed E-state index contributed by atoms with van der Waals surface area (Å²) in [5.74, 6) is 0.0329. The molecule has 1 aromatic heterocycles. The van der Waals surface area contributed by atoms with Crippen molar-refractivity contribution in [2.45, 2.75) is 51.6 Å². The summed E-state index contributed by atoms with van der Waals surface area (Å²) in [6.45, 7) is 3.42. The third-order valence-electron chi connectivity index (χ3n) is 6.09. The highest BCUT2D eigenvalue weighted by Gasteiger charge is 2.27. The zero-order chi connectivity index (χ0) is 19.8. The molecule has 2 aliphatic rings. The summed E-state index contributed by atoms with van der Waals surface area (Å²) < 4.78 is 6.98. The number of anilines is 1. The van der Waals surface area contributed by atoms with E-state index in [2.05, 4.69) is 37.3 Å². The molecule has 5 heteroatoms. The Morgan fingerprint density at radius 2 is 2.03 bits per heavy atom. The minimum atomic E-state index is 0.0329. The number of nitrogens with zero attached hydrogens (tertiary/aromatic N) is 2. The van der Waals surface area contributed by atoms with E-state index in [1.54, 1.807) is 11.3 Å². The maximum absolute atomic E-state index is 13.6. The van der Waals surface area contributed by atoms with Gasteiger partial charge in [0.1, 0.15) is 0 Å². The molecule has 0 bridgehead atoms. The number of fused-ring (bicyclic) bond motifs is 2. The third kappa shape index (κ3) is 3.69. The van der Waals surface area contributed by atoms with Gasteiger partial charge in [0.15, 0.2) is 5.13 Å². The van der Waals surface area contributed by atoms with Crippen LogP contribution in [0.1, 0.15) is 52.7 Å². The Balaban J connectivity index is 1.52. The number of carbonyl (C=O) groups excluding carboxylic acids is 1. The standard InChI is InChI=1S/C24H26N2O2S/c1-16-6-4-10-21-22(16)25-24(29-21)26(15-20-9-5-13-28-20)23(27)19-12-11-17-7-2-3-8-18(17)14-19/h4,6,10-12,14,20H,2-3,5,7-9,13,15H2,1H3. The first-order chi connectivity index (χ1) is 14.2. The average Bonchev–Trinajstić information content (AvgIpc) is 3.41. The van der Waals surface area contributed by atoms with Crippen LogP contribution in [-0.4, -0.2) is 30.1 Å². The van der Waals surface area contributed by atoms with Gasteiger partial charge in [-0.15, -0.1) is 0 Å². The second kappa shape index (κ2) is 7.88. The number of aryl methyl sites for hydroxylation is 3. The number of ether oxygens (including phenoxy) is 1. The molecule has 0 spiro atoms. The Labute approximate surface area is 175 Å². The first kappa shape index (κ1) is 18.8. The van der Waals surface area contributed by atoms with E-state index in [1.807, 2.05) is 11.0 Å². The van der Waals surface area contributed by atoms with Crippen LogP contribution in [0.4, 0.5) is 5.13 Å². The molecular weight excluding hydrogens is 380 g/mol. The topological polar surface area (TPSA) is 42.4 Å². The van der Waals surface area contributed by atoms with Crippen LogP contribution >= 0.6 is 11.3 Å². The fourth-order valence-electron chi connectivity index (χ4n) is 4.45. The van der Waals surface area contributed by atoms with Crippen LogP contribution in [0.25, 0.3) is 10.2 Å². The molecule has 1 aliphatic heterocycles. The Morgan fingerprint density at radius 1 is 1.17 bits per heavy atom. The highest BCUT2D eigenvalue weighted by Crippen LogP contribution is 2.33. The molecule has 1 amide bonds. The molecule has 1 unspecified atom stereocenters. The Kier molecular flexibility index (Phi) is 5.10. The Bertz CT molecular complexity index is 1050. The smallest absolute Gasteiger partial charge is 0.260 e. The van der Waals surface area contributed by atoms with Gasteiger partial charge in [0.05, 0.1) is 22.9 Å². The SMILES string of the molecule is Cc1cccc2sc(N(CC3CCCO3)C(=O)c3ccc4c(c3)CCCC4)nc12. The monoisotopic (exact) mass is 406 g/mol. The quantitative estimate of drug-likeness (QED) is 0.590. The molecule has 1 atom stereocenters. The zero-order valence-electron chi connectivity index (χ0n) is 16.8. The largest absolute Gasteiger partial charge is 0.376 e.